The van der Waals surface area contributed by atoms with Crippen molar-refractivity contribution in [2.45, 2.75) is 51.7 Å². The van der Waals surface area contributed by atoms with Crippen molar-refractivity contribution in [3.8, 4) is 0 Å². The lowest BCUT2D eigenvalue weighted by Crippen LogP contribution is -2.39. The molecular formula is C19H27NO4. The highest BCUT2D eigenvalue weighted by Gasteiger charge is 2.26. The van der Waals surface area contributed by atoms with E-state index in [2.05, 4.69) is 5.32 Å². The Kier molecular flexibility index (Phi) is 7.25. The van der Waals surface area contributed by atoms with Gasteiger partial charge in [0.1, 0.15) is 6.10 Å². The number of nitrogens with one attached hydrogen (secondary N) is 1. The highest BCUT2D eigenvalue weighted by molar-refractivity contribution is 5.81. The van der Waals surface area contributed by atoms with Crippen molar-refractivity contribution < 1.29 is 19.4 Å². The summed E-state index contributed by atoms with van der Waals surface area (Å²) < 4.78 is 5.56. The number of hydrogen-bond acceptors (Lipinski definition) is 3. The Labute approximate surface area is 143 Å². The standard InChI is InChI=1S/C19H27NO4/c1-14(24-13-16-9-3-2-4-10-16)18(21)20-12-17(19(22)23)11-15-7-5-6-8-15/h2-4,9-10,14-15,17H,5-8,11-13H2,1H3,(H,20,21)(H,22,23). The van der Waals surface area contributed by atoms with E-state index >= 15 is 0 Å². The molecule has 0 heterocycles. The lowest BCUT2D eigenvalue weighted by Gasteiger charge is -2.19. The molecule has 132 valence electrons. The Morgan fingerprint density at radius 2 is 1.92 bits per heavy atom. The predicted molar refractivity (Wildman–Crippen MR) is 91.4 cm³/mol. The molecule has 2 unspecified atom stereocenters. The second kappa shape index (κ2) is 9.42. The molecule has 0 aromatic heterocycles. The van der Waals surface area contributed by atoms with Crippen molar-refractivity contribution in [2.24, 2.45) is 11.8 Å². The van der Waals surface area contributed by atoms with Crippen LogP contribution in [0.25, 0.3) is 0 Å². The van der Waals surface area contributed by atoms with Crippen LogP contribution in [0.3, 0.4) is 0 Å². The van der Waals surface area contributed by atoms with E-state index in [1.165, 1.54) is 12.8 Å². The van der Waals surface area contributed by atoms with Crippen LogP contribution in [0.2, 0.25) is 0 Å². The molecule has 0 saturated heterocycles. The number of rotatable bonds is 9. The van der Waals surface area contributed by atoms with Gasteiger partial charge in [0.15, 0.2) is 0 Å². The third-order valence-electron chi connectivity index (χ3n) is 4.68. The van der Waals surface area contributed by atoms with Crippen molar-refractivity contribution in [1.82, 2.24) is 5.32 Å². The molecule has 5 heteroatoms. The first-order chi connectivity index (χ1) is 11.6. The molecule has 0 spiro atoms. The van der Waals surface area contributed by atoms with Crippen molar-refractivity contribution in [3.05, 3.63) is 35.9 Å². The average Bonchev–Trinajstić information content (AvgIpc) is 3.10. The molecule has 2 rings (SSSR count). The topological polar surface area (TPSA) is 75.6 Å². The number of carboxylic acid groups (broad SMARTS) is 1. The molecule has 24 heavy (non-hydrogen) atoms. The zero-order chi connectivity index (χ0) is 17.4. The normalized spacial score (nSPS) is 17.4. The summed E-state index contributed by atoms with van der Waals surface area (Å²) in [5.74, 6) is -1.13. The molecule has 1 aliphatic rings. The Balaban J connectivity index is 1.73. The molecule has 1 aromatic rings. The molecule has 1 aromatic carbocycles. The minimum absolute atomic E-state index is 0.170. The van der Waals surface area contributed by atoms with Gasteiger partial charge in [-0.15, -0.1) is 0 Å². The van der Waals surface area contributed by atoms with Crippen LogP contribution in [0.5, 0.6) is 0 Å². The minimum atomic E-state index is -0.833. The lowest BCUT2D eigenvalue weighted by atomic mass is 9.93. The van der Waals surface area contributed by atoms with Crippen molar-refractivity contribution in [2.75, 3.05) is 6.54 Å². The Morgan fingerprint density at radius 1 is 1.25 bits per heavy atom. The number of hydrogen-bond donors (Lipinski definition) is 2. The SMILES string of the molecule is CC(OCc1ccccc1)C(=O)NCC(CC1CCCC1)C(=O)O. The van der Waals surface area contributed by atoms with Gasteiger partial charge in [-0.05, 0) is 24.8 Å². The number of aliphatic carboxylic acids is 1. The minimum Gasteiger partial charge on any atom is -0.481 e. The second-order valence-electron chi connectivity index (χ2n) is 6.61. The van der Waals surface area contributed by atoms with Crippen LogP contribution in [-0.2, 0) is 20.9 Å². The third-order valence-corrected chi connectivity index (χ3v) is 4.68. The zero-order valence-electron chi connectivity index (χ0n) is 14.2. The van der Waals surface area contributed by atoms with Crippen LogP contribution in [-0.4, -0.2) is 29.6 Å². The van der Waals surface area contributed by atoms with Gasteiger partial charge in [-0.3, -0.25) is 9.59 Å². The smallest absolute Gasteiger partial charge is 0.308 e. The van der Waals surface area contributed by atoms with Gasteiger partial charge >= 0.3 is 5.97 Å². The number of carbonyl (C=O) groups excluding carboxylic acids is 1. The predicted octanol–water partition coefficient (Wildman–Crippen LogP) is 2.99. The Bertz CT molecular complexity index is 525. The van der Waals surface area contributed by atoms with E-state index < -0.39 is 18.0 Å². The number of carbonyl (C=O) groups is 2. The molecule has 5 nitrogen and oxygen atoms in total. The summed E-state index contributed by atoms with van der Waals surface area (Å²) in [6.07, 6.45) is 4.63. The fourth-order valence-corrected chi connectivity index (χ4v) is 3.16. The van der Waals surface area contributed by atoms with Crippen molar-refractivity contribution in [3.63, 3.8) is 0 Å². The second-order valence-corrected chi connectivity index (χ2v) is 6.61. The summed E-state index contributed by atoms with van der Waals surface area (Å²) in [7, 11) is 0. The van der Waals surface area contributed by atoms with Gasteiger partial charge in [0.2, 0.25) is 5.91 Å². The first-order valence-corrected chi connectivity index (χ1v) is 8.72. The van der Waals surface area contributed by atoms with Crippen LogP contribution in [0.15, 0.2) is 30.3 Å². The third kappa shape index (κ3) is 5.96. The van der Waals surface area contributed by atoms with Crippen LogP contribution in [0, 0.1) is 11.8 Å². The van der Waals surface area contributed by atoms with Gasteiger partial charge in [0.05, 0.1) is 12.5 Å². The van der Waals surface area contributed by atoms with E-state index in [0.29, 0.717) is 18.9 Å². The summed E-state index contributed by atoms with van der Waals surface area (Å²) in [6, 6.07) is 9.64. The largest absolute Gasteiger partial charge is 0.481 e. The quantitative estimate of drug-likeness (QED) is 0.728. The molecule has 2 N–H and O–H groups in total. The summed E-state index contributed by atoms with van der Waals surface area (Å²) in [4.78, 5) is 23.5. The molecular weight excluding hydrogens is 306 g/mol. The van der Waals surface area contributed by atoms with Crippen molar-refractivity contribution in [1.29, 1.82) is 0 Å². The summed E-state index contributed by atoms with van der Waals surface area (Å²) in [5.41, 5.74) is 1.00. The highest BCUT2D eigenvalue weighted by Crippen LogP contribution is 2.30. The Morgan fingerprint density at radius 3 is 2.54 bits per heavy atom. The van der Waals surface area contributed by atoms with Crippen molar-refractivity contribution >= 4 is 11.9 Å². The maximum absolute atomic E-state index is 12.1. The molecule has 1 fully saturated rings. The fourth-order valence-electron chi connectivity index (χ4n) is 3.16. The van der Waals surface area contributed by atoms with E-state index in [1.807, 2.05) is 30.3 Å². The fraction of sp³-hybridized carbons (Fsp3) is 0.579. The van der Waals surface area contributed by atoms with Gasteiger partial charge < -0.3 is 15.2 Å². The van der Waals surface area contributed by atoms with Crippen LogP contribution in [0.4, 0.5) is 0 Å². The van der Waals surface area contributed by atoms with Gasteiger partial charge in [-0.2, -0.15) is 0 Å². The average molecular weight is 333 g/mol. The number of carboxylic acids is 1. The van der Waals surface area contributed by atoms with Crippen LogP contribution >= 0.6 is 0 Å². The molecule has 0 bridgehead atoms. The molecule has 2 atom stereocenters. The number of ether oxygens (including phenoxy) is 1. The summed E-state index contributed by atoms with van der Waals surface area (Å²) in [6.45, 7) is 2.22. The first kappa shape index (κ1) is 18.5. The highest BCUT2D eigenvalue weighted by atomic mass is 16.5. The maximum Gasteiger partial charge on any atom is 0.308 e. The molecule has 1 aliphatic carbocycles. The number of benzene rings is 1. The molecule has 1 amide bonds. The Hall–Kier alpha value is -1.88. The van der Waals surface area contributed by atoms with E-state index in [0.717, 1.165) is 18.4 Å². The van der Waals surface area contributed by atoms with E-state index in [-0.39, 0.29) is 12.5 Å². The van der Waals surface area contributed by atoms with Gasteiger partial charge in [-0.25, -0.2) is 0 Å². The van der Waals surface area contributed by atoms with E-state index in [4.69, 9.17) is 4.74 Å². The van der Waals surface area contributed by atoms with Gasteiger partial charge in [0.25, 0.3) is 0 Å². The summed E-state index contributed by atoms with van der Waals surface area (Å²) in [5, 5.41) is 12.1. The van der Waals surface area contributed by atoms with Crippen LogP contribution < -0.4 is 5.32 Å². The molecule has 0 radical (unpaired) electrons. The maximum atomic E-state index is 12.1. The van der Waals surface area contributed by atoms with Gasteiger partial charge in [-0.1, -0.05) is 56.0 Å². The molecule has 0 aliphatic heterocycles. The monoisotopic (exact) mass is 333 g/mol. The van der Waals surface area contributed by atoms with Crippen LogP contribution in [0.1, 0.15) is 44.6 Å². The zero-order valence-corrected chi connectivity index (χ0v) is 14.2. The first-order valence-electron chi connectivity index (χ1n) is 8.72. The van der Waals surface area contributed by atoms with E-state index in [1.54, 1.807) is 6.92 Å². The lowest BCUT2D eigenvalue weighted by molar-refractivity contribution is -0.142. The number of amides is 1. The van der Waals surface area contributed by atoms with Gasteiger partial charge in [0, 0.05) is 6.54 Å². The summed E-state index contributed by atoms with van der Waals surface area (Å²) >= 11 is 0. The molecule has 1 saturated carbocycles. The van der Waals surface area contributed by atoms with E-state index in [9.17, 15) is 14.7 Å².